The quantitative estimate of drug-likeness (QED) is 0.866. The number of carbonyl (C=O) groups excluding carboxylic acids is 1. The number of piperidine rings is 1. The van der Waals surface area contributed by atoms with Crippen LogP contribution in [0, 0.1) is 0 Å². The zero-order chi connectivity index (χ0) is 14.4. The second-order valence-electron chi connectivity index (χ2n) is 5.21. The average Bonchev–Trinajstić information content (AvgIpc) is 2.44. The topological polar surface area (TPSA) is 44.4 Å². The molecule has 1 fully saturated rings. The molecular weight excluding hydrogens is 318 g/mol. The van der Waals surface area contributed by atoms with Gasteiger partial charge in [0.2, 0.25) is 5.91 Å². The molecule has 2 rings (SSSR count). The van der Waals surface area contributed by atoms with Crippen molar-refractivity contribution >= 4 is 27.5 Å². The number of halogens is 1. The normalized spacial score (nSPS) is 19.8. The van der Waals surface area contributed by atoms with Gasteiger partial charge >= 0.3 is 0 Å². The first-order valence-electron chi connectivity index (χ1n) is 7.13. The SMILES string of the molecule is CNCC1CCCCN1CC(=O)Nc1ccccc1Br. The Hall–Kier alpha value is -0.910. The van der Waals surface area contributed by atoms with Gasteiger partial charge in [0.1, 0.15) is 0 Å². The van der Waals surface area contributed by atoms with E-state index < -0.39 is 0 Å². The number of likely N-dealkylation sites (N-methyl/N-ethyl adjacent to an activating group) is 1. The summed E-state index contributed by atoms with van der Waals surface area (Å²) in [5.41, 5.74) is 0.833. The Balaban J connectivity index is 1.91. The van der Waals surface area contributed by atoms with Crippen molar-refractivity contribution in [1.29, 1.82) is 0 Å². The molecule has 1 amide bonds. The van der Waals surface area contributed by atoms with E-state index in [9.17, 15) is 4.79 Å². The zero-order valence-corrected chi connectivity index (χ0v) is 13.4. The fourth-order valence-electron chi connectivity index (χ4n) is 2.67. The third-order valence-electron chi connectivity index (χ3n) is 3.68. The standard InChI is InChI=1S/C15H22BrN3O/c1-17-10-12-6-4-5-9-19(12)11-15(20)18-14-8-3-2-7-13(14)16/h2-3,7-8,12,17H,4-6,9-11H2,1H3,(H,18,20). The van der Waals surface area contributed by atoms with Gasteiger partial charge in [0.05, 0.1) is 12.2 Å². The van der Waals surface area contributed by atoms with Gasteiger partial charge in [-0.05, 0) is 54.5 Å². The molecule has 0 spiro atoms. The van der Waals surface area contributed by atoms with E-state index in [0.29, 0.717) is 12.6 Å². The van der Waals surface area contributed by atoms with Gasteiger partial charge in [-0.15, -0.1) is 0 Å². The van der Waals surface area contributed by atoms with Crippen molar-refractivity contribution in [1.82, 2.24) is 10.2 Å². The summed E-state index contributed by atoms with van der Waals surface area (Å²) in [5.74, 6) is 0.0555. The van der Waals surface area contributed by atoms with E-state index in [1.807, 2.05) is 31.3 Å². The highest BCUT2D eigenvalue weighted by molar-refractivity contribution is 9.10. The van der Waals surface area contributed by atoms with Gasteiger partial charge in [-0.3, -0.25) is 9.69 Å². The van der Waals surface area contributed by atoms with Gasteiger partial charge in [0.25, 0.3) is 0 Å². The van der Waals surface area contributed by atoms with Crippen LogP contribution in [0.5, 0.6) is 0 Å². The Bertz CT molecular complexity index is 450. The predicted octanol–water partition coefficient (Wildman–Crippen LogP) is 2.46. The fraction of sp³-hybridized carbons (Fsp3) is 0.533. The first-order valence-corrected chi connectivity index (χ1v) is 7.93. The van der Waals surface area contributed by atoms with Crippen molar-refractivity contribution in [3.05, 3.63) is 28.7 Å². The van der Waals surface area contributed by atoms with Crippen molar-refractivity contribution < 1.29 is 4.79 Å². The van der Waals surface area contributed by atoms with Gasteiger partial charge in [-0.2, -0.15) is 0 Å². The first-order chi connectivity index (χ1) is 9.70. The maximum absolute atomic E-state index is 12.2. The van der Waals surface area contributed by atoms with Gasteiger partial charge in [-0.25, -0.2) is 0 Å². The molecule has 1 aliphatic rings. The number of hydrogen-bond acceptors (Lipinski definition) is 3. The molecule has 1 atom stereocenters. The summed E-state index contributed by atoms with van der Waals surface area (Å²) in [4.78, 5) is 14.5. The highest BCUT2D eigenvalue weighted by Crippen LogP contribution is 2.21. The number of anilines is 1. The lowest BCUT2D eigenvalue weighted by atomic mass is 10.0. The second-order valence-corrected chi connectivity index (χ2v) is 6.06. The van der Waals surface area contributed by atoms with Crippen LogP contribution < -0.4 is 10.6 Å². The molecule has 1 unspecified atom stereocenters. The summed E-state index contributed by atoms with van der Waals surface area (Å²) in [7, 11) is 1.97. The van der Waals surface area contributed by atoms with E-state index >= 15 is 0 Å². The second kappa shape index (κ2) is 7.76. The maximum atomic E-state index is 12.2. The Kier molecular flexibility index (Phi) is 6.01. The fourth-order valence-corrected chi connectivity index (χ4v) is 3.06. The van der Waals surface area contributed by atoms with E-state index in [1.54, 1.807) is 0 Å². The van der Waals surface area contributed by atoms with Crippen LogP contribution in [0.3, 0.4) is 0 Å². The first kappa shape index (κ1) is 15.5. The zero-order valence-electron chi connectivity index (χ0n) is 11.9. The van der Waals surface area contributed by atoms with Crippen LogP contribution >= 0.6 is 15.9 Å². The van der Waals surface area contributed by atoms with E-state index in [1.165, 1.54) is 19.3 Å². The number of likely N-dealkylation sites (tertiary alicyclic amines) is 1. The van der Waals surface area contributed by atoms with Crippen molar-refractivity contribution in [3.8, 4) is 0 Å². The van der Waals surface area contributed by atoms with E-state index in [0.717, 1.165) is 23.2 Å². The molecule has 2 N–H and O–H groups in total. The third kappa shape index (κ3) is 4.30. The molecule has 1 aromatic rings. The summed E-state index contributed by atoms with van der Waals surface area (Å²) in [6.45, 7) is 2.42. The number of carbonyl (C=O) groups is 1. The van der Waals surface area contributed by atoms with Gasteiger partial charge in [0.15, 0.2) is 0 Å². The molecule has 0 aromatic heterocycles. The summed E-state index contributed by atoms with van der Waals surface area (Å²) in [6, 6.07) is 8.17. The lowest BCUT2D eigenvalue weighted by Gasteiger charge is -2.35. The molecule has 5 heteroatoms. The maximum Gasteiger partial charge on any atom is 0.238 e. The minimum atomic E-state index is 0.0555. The minimum absolute atomic E-state index is 0.0555. The molecule has 4 nitrogen and oxygen atoms in total. The van der Waals surface area contributed by atoms with Gasteiger partial charge in [-0.1, -0.05) is 18.6 Å². The largest absolute Gasteiger partial charge is 0.324 e. The van der Waals surface area contributed by atoms with Crippen LogP contribution in [-0.4, -0.2) is 43.5 Å². The highest BCUT2D eigenvalue weighted by atomic mass is 79.9. The van der Waals surface area contributed by atoms with Gasteiger partial charge < -0.3 is 10.6 Å². The molecule has 0 radical (unpaired) electrons. The molecule has 1 saturated heterocycles. The van der Waals surface area contributed by atoms with Crippen LogP contribution in [0.25, 0.3) is 0 Å². The number of rotatable bonds is 5. The van der Waals surface area contributed by atoms with E-state index in [4.69, 9.17) is 0 Å². The molecule has 0 aliphatic carbocycles. The van der Waals surface area contributed by atoms with Crippen LogP contribution in [0.2, 0.25) is 0 Å². The number of nitrogens with zero attached hydrogens (tertiary/aromatic N) is 1. The Morgan fingerprint density at radius 2 is 2.20 bits per heavy atom. The molecular formula is C15H22BrN3O. The number of para-hydroxylation sites is 1. The minimum Gasteiger partial charge on any atom is -0.324 e. The van der Waals surface area contributed by atoms with Crippen LogP contribution in [0.1, 0.15) is 19.3 Å². The monoisotopic (exact) mass is 339 g/mol. The number of nitrogens with one attached hydrogen (secondary N) is 2. The molecule has 1 aromatic carbocycles. The Morgan fingerprint density at radius 1 is 1.40 bits per heavy atom. The third-order valence-corrected chi connectivity index (χ3v) is 4.37. The van der Waals surface area contributed by atoms with Gasteiger partial charge in [0, 0.05) is 17.1 Å². The lowest BCUT2D eigenvalue weighted by Crippen LogP contribution is -2.47. The summed E-state index contributed by atoms with van der Waals surface area (Å²) >= 11 is 3.45. The van der Waals surface area contributed by atoms with Crippen molar-refractivity contribution in [2.24, 2.45) is 0 Å². The number of benzene rings is 1. The highest BCUT2D eigenvalue weighted by Gasteiger charge is 2.23. The van der Waals surface area contributed by atoms with Crippen molar-refractivity contribution in [3.63, 3.8) is 0 Å². The summed E-state index contributed by atoms with van der Waals surface area (Å²) < 4.78 is 0.916. The van der Waals surface area contributed by atoms with Crippen molar-refractivity contribution in [2.75, 3.05) is 32.0 Å². The van der Waals surface area contributed by atoms with E-state index in [-0.39, 0.29) is 5.91 Å². The molecule has 110 valence electrons. The van der Waals surface area contributed by atoms with Crippen LogP contribution in [0.4, 0.5) is 5.69 Å². The predicted molar refractivity (Wildman–Crippen MR) is 85.9 cm³/mol. The smallest absolute Gasteiger partial charge is 0.238 e. The number of hydrogen-bond donors (Lipinski definition) is 2. The molecule has 1 aliphatic heterocycles. The molecule has 0 bridgehead atoms. The molecule has 1 heterocycles. The van der Waals surface area contributed by atoms with E-state index in [2.05, 4.69) is 31.5 Å². The summed E-state index contributed by atoms with van der Waals surface area (Å²) in [6.07, 6.45) is 3.61. The Morgan fingerprint density at radius 3 is 2.95 bits per heavy atom. The molecule has 20 heavy (non-hydrogen) atoms. The average molecular weight is 340 g/mol. The summed E-state index contributed by atoms with van der Waals surface area (Å²) in [5, 5.41) is 6.19. The van der Waals surface area contributed by atoms with Crippen molar-refractivity contribution in [2.45, 2.75) is 25.3 Å². The number of amides is 1. The Labute approximate surface area is 129 Å². The lowest BCUT2D eigenvalue weighted by molar-refractivity contribution is -0.118. The molecule has 0 saturated carbocycles. The van der Waals surface area contributed by atoms with Crippen LogP contribution in [0.15, 0.2) is 28.7 Å². The van der Waals surface area contributed by atoms with Crippen LogP contribution in [-0.2, 0) is 4.79 Å².